The molecule has 0 N–H and O–H groups in total. The Bertz CT molecular complexity index is 529. The Morgan fingerprint density at radius 1 is 1.50 bits per heavy atom. The highest BCUT2D eigenvalue weighted by Crippen LogP contribution is 2.44. The van der Waals surface area contributed by atoms with Crippen molar-refractivity contribution in [1.82, 2.24) is 9.88 Å². The van der Waals surface area contributed by atoms with Crippen molar-refractivity contribution < 1.29 is 13.6 Å². The summed E-state index contributed by atoms with van der Waals surface area (Å²) in [6, 6.07) is 0. The molecule has 2 heterocycles. The lowest BCUT2D eigenvalue weighted by molar-refractivity contribution is -0.134. The number of thiazole rings is 1. The van der Waals surface area contributed by atoms with Crippen LogP contribution in [0.5, 0.6) is 0 Å². The second-order valence-corrected chi connectivity index (χ2v) is 8.30. The van der Waals surface area contributed by atoms with Gasteiger partial charge < -0.3 is 4.90 Å². The Balaban J connectivity index is 1.40. The number of piperidine rings is 1. The van der Waals surface area contributed by atoms with Gasteiger partial charge in [-0.2, -0.15) is 0 Å². The lowest BCUT2D eigenvalue weighted by Crippen LogP contribution is -2.40. The number of amides is 1. The molecule has 1 saturated heterocycles. The highest BCUT2D eigenvalue weighted by Gasteiger charge is 2.50. The third-order valence-corrected chi connectivity index (χ3v) is 6.82. The van der Waals surface area contributed by atoms with Crippen LogP contribution in [-0.4, -0.2) is 41.1 Å². The van der Waals surface area contributed by atoms with Crippen LogP contribution in [0.4, 0.5) is 8.78 Å². The highest BCUT2D eigenvalue weighted by atomic mass is 32.2. The fourth-order valence-corrected chi connectivity index (χ4v) is 4.98. The molecule has 1 aromatic heterocycles. The molecule has 0 bridgehead atoms. The molecule has 2 aliphatic rings. The number of rotatable bonds is 5. The summed E-state index contributed by atoms with van der Waals surface area (Å²) in [4.78, 5) is 18.4. The number of likely N-dealkylation sites (tertiary alicyclic amines) is 1. The van der Waals surface area contributed by atoms with Crippen LogP contribution < -0.4 is 0 Å². The number of nitrogens with zero attached hydrogens (tertiary/aromatic N) is 2. The molecule has 1 saturated carbocycles. The van der Waals surface area contributed by atoms with Gasteiger partial charge in [-0.1, -0.05) is 11.8 Å². The van der Waals surface area contributed by atoms with E-state index in [1.807, 2.05) is 6.92 Å². The number of hydrogen-bond donors (Lipinski definition) is 0. The maximum Gasteiger partial charge on any atom is 0.242 e. The second kappa shape index (κ2) is 6.83. The van der Waals surface area contributed by atoms with Crippen molar-refractivity contribution in [2.24, 2.45) is 17.8 Å². The van der Waals surface area contributed by atoms with Gasteiger partial charge in [0.2, 0.25) is 12.3 Å². The Labute approximate surface area is 137 Å². The minimum Gasteiger partial charge on any atom is -0.342 e. The van der Waals surface area contributed by atoms with Crippen LogP contribution in [0.1, 0.15) is 25.0 Å². The van der Waals surface area contributed by atoms with Gasteiger partial charge >= 0.3 is 0 Å². The minimum absolute atomic E-state index is 0.0491. The molecule has 22 heavy (non-hydrogen) atoms. The fourth-order valence-electron chi connectivity index (χ4n) is 2.92. The van der Waals surface area contributed by atoms with E-state index in [9.17, 15) is 13.6 Å². The van der Waals surface area contributed by atoms with Crippen LogP contribution in [0.2, 0.25) is 0 Å². The van der Waals surface area contributed by atoms with Crippen molar-refractivity contribution in [2.75, 3.05) is 18.8 Å². The molecule has 0 aromatic carbocycles. The zero-order valence-electron chi connectivity index (χ0n) is 12.5. The van der Waals surface area contributed by atoms with E-state index in [0.717, 1.165) is 28.6 Å². The SMILES string of the molecule is Cc1csc(SCC2CCN(C(=O)[C@H]3C[C@@H]3C(F)F)CC2)n1. The molecular formula is C15H20F2N2OS2. The molecule has 3 rings (SSSR count). The molecule has 0 radical (unpaired) electrons. The monoisotopic (exact) mass is 346 g/mol. The van der Waals surface area contributed by atoms with Crippen molar-refractivity contribution in [3.05, 3.63) is 11.1 Å². The highest BCUT2D eigenvalue weighted by molar-refractivity contribution is 8.01. The summed E-state index contributed by atoms with van der Waals surface area (Å²) in [5.41, 5.74) is 1.06. The number of aromatic nitrogens is 1. The van der Waals surface area contributed by atoms with Crippen LogP contribution >= 0.6 is 23.1 Å². The largest absolute Gasteiger partial charge is 0.342 e. The Morgan fingerprint density at radius 2 is 2.23 bits per heavy atom. The van der Waals surface area contributed by atoms with Crippen LogP contribution in [0.15, 0.2) is 9.72 Å². The summed E-state index contributed by atoms with van der Waals surface area (Å²) in [5.74, 6) is 0.464. The van der Waals surface area contributed by atoms with Crippen LogP contribution in [0.3, 0.4) is 0 Å². The van der Waals surface area contributed by atoms with Gasteiger partial charge in [-0.15, -0.1) is 11.3 Å². The van der Waals surface area contributed by atoms with Gasteiger partial charge in [-0.3, -0.25) is 4.79 Å². The first-order chi connectivity index (χ1) is 10.5. The van der Waals surface area contributed by atoms with Crippen molar-refractivity contribution >= 4 is 29.0 Å². The first-order valence-electron chi connectivity index (χ1n) is 7.66. The van der Waals surface area contributed by atoms with E-state index in [1.165, 1.54) is 0 Å². The standard InChI is InChI=1S/C15H20F2N2OS2/c1-9-7-21-15(18-9)22-8-10-2-4-19(5-3-10)14(20)12-6-11(12)13(16)17/h7,10-13H,2-6,8H2,1H3/t11-,12-/m0/s1. The fraction of sp³-hybridized carbons (Fsp3) is 0.733. The number of aryl methyl sites for hydroxylation is 1. The number of thioether (sulfide) groups is 1. The van der Waals surface area contributed by atoms with Gasteiger partial charge in [-0.25, -0.2) is 13.8 Å². The Morgan fingerprint density at radius 3 is 2.77 bits per heavy atom. The first kappa shape index (κ1) is 16.2. The molecular weight excluding hydrogens is 326 g/mol. The number of hydrogen-bond acceptors (Lipinski definition) is 4. The van der Waals surface area contributed by atoms with E-state index in [1.54, 1.807) is 28.0 Å². The van der Waals surface area contributed by atoms with Gasteiger partial charge in [0.15, 0.2) is 0 Å². The lowest BCUT2D eigenvalue weighted by Gasteiger charge is -2.32. The molecule has 0 unspecified atom stereocenters. The van der Waals surface area contributed by atoms with E-state index in [2.05, 4.69) is 10.4 Å². The van der Waals surface area contributed by atoms with E-state index < -0.39 is 18.3 Å². The van der Waals surface area contributed by atoms with Crippen LogP contribution in [0.25, 0.3) is 0 Å². The maximum atomic E-state index is 12.5. The zero-order chi connectivity index (χ0) is 15.7. The third-order valence-electron chi connectivity index (χ3n) is 4.45. The van der Waals surface area contributed by atoms with Gasteiger partial charge in [0, 0.05) is 41.8 Å². The molecule has 7 heteroatoms. The van der Waals surface area contributed by atoms with E-state index in [4.69, 9.17) is 0 Å². The summed E-state index contributed by atoms with van der Waals surface area (Å²) >= 11 is 3.46. The predicted octanol–water partition coefficient (Wildman–Crippen LogP) is 3.68. The first-order valence-corrected chi connectivity index (χ1v) is 9.53. The van der Waals surface area contributed by atoms with E-state index in [-0.39, 0.29) is 5.91 Å². The van der Waals surface area contributed by atoms with Crippen molar-refractivity contribution in [3.63, 3.8) is 0 Å². The van der Waals surface area contributed by atoms with Gasteiger partial charge in [0.1, 0.15) is 4.34 Å². The molecule has 1 aliphatic carbocycles. The molecule has 1 aliphatic heterocycles. The van der Waals surface area contributed by atoms with E-state index >= 15 is 0 Å². The third kappa shape index (κ3) is 3.79. The van der Waals surface area contributed by atoms with Gasteiger partial charge in [-0.05, 0) is 32.1 Å². The average molecular weight is 346 g/mol. The summed E-state index contributed by atoms with van der Waals surface area (Å²) in [5, 5.41) is 2.05. The van der Waals surface area contributed by atoms with Crippen LogP contribution in [-0.2, 0) is 4.79 Å². The summed E-state index contributed by atoms with van der Waals surface area (Å²) in [6.45, 7) is 3.43. The van der Waals surface area contributed by atoms with Crippen LogP contribution in [0, 0.1) is 24.7 Å². The molecule has 2 atom stereocenters. The zero-order valence-corrected chi connectivity index (χ0v) is 14.1. The second-order valence-electron chi connectivity index (χ2n) is 6.17. The number of alkyl halides is 2. The summed E-state index contributed by atoms with van der Waals surface area (Å²) in [6.07, 6.45) is -0.0374. The quantitative estimate of drug-likeness (QED) is 0.763. The number of carbonyl (C=O) groups is 1. The smallest absolute Gasteiger partial charge is 0.242 e. The predicted molar refractivity (Wildman–Crippen MR) is 84.5 cm³/mol. The molecule has 1 amide bonds. The van der Waals surface area contributed by atoms with E-state index in [0.29, 0.717) is 25.4 Å². The molecule has 122 valence electrons. The normalized spacial score (nSPS) is 25.7. The van der Waals surface area contributed by atoms with Crippen molar-refractivity contribution in [2.45, 2.75) is 37.0 Å². The molecule has 3 nitrogen and oxygen atoms in total. The maximum absolute atomic E-state index is 12.5. The number of carbonyl (C=O) groups excluding carboxylic acids is 1. The molecule has 0 spiro atoms. The van der Waals surface area contributed by atoms with Gasteiger partial charge in [0.05, 0.1) is 0 Å². The molecule has 2 fully saturated rings. The Kier molecular flexibility index (Phi) is 5.02. The summed E-state index contributed by atoms with van der Waals surface area (Å²) < 4.78 is 26.2. The van der Waals surface area contributed by atoms with Crippen molar-refractivity contribution in [1.29, 1.82) is 0 Å². The Hall–Kier alpha value is -0.690. The number of halogens is 2. The summed E-state index contributed by atoms with van der Waals surface area (Å²) in [7, 11) is 0. The average Bonchev–Trinajstić information content (AvgIpc) is 3.21. The van der Waals surface area contributed by atoms with Crippen molar-refractivity contribution in [3.8, 4) is 0 Å². The topological polar surface area (TPSA) is 33.2 Å². The molecule has 1 aromatic rings. The minimum atomic E-state index is -2.34. The van der Waals surface area contributed by atoms with Gasteiger partial charge in [0.25, 0.3) is 0 Å². The lowest BCUT2D eigenvalue weighted by atomic mass is 9.98.